The predicted octanol–water partition coefficient (Wildman–Crippen LogP) is 3.21. The van der Waals surface area contributed by atoms with Crippen LogP contribution in [0.2, 0.25) is 5.02 Å². The molecule has 0 saturated heterocycles. The molecule has 0 radical (unpaired) electrons. The molecule has 1 atom stereocenters. The third kappa shape index (κ3) is 3.66. The van der Waals surface area contributed by atoms with E-state index in [0.717, 1.165) is 11.0 Å². The number of hydrogen-bond acceptors (Lipinski definition) is 5. The molecule has 2 heterocycles. The lowest BCUT2D eigenvalue weighted by Gasteiger charge is -2.26. The van der Waals surface area contributed by atoms with E-state index < -0.39 is 12.1 Å². The lowest BCUT2D eigenvalue weighted by molar-refractivity contribution is -0.141. The van der Waals surface area contributed by atoms with Crippen molar-refractivity contribution in [2.75, 3.05) is 0 Å². The van der Waals surface area contributed by atoms with E-state index in [0.29, 0.717) is 10.8 Å². The molecule has 0 spiro atoms. The van der Waals surface area contributed by atoms with Gasteiger partial charge in [-0.1, -0.05) is 11.6 Å². The van der Waals surface area contributed by atoms with E-state index in [-0.39, 0.29) is 30.5 Å². The number of imidazole rings is 1. The predicted molar refractivity (Wildman–Crippen MR) is 94.3 cm³/mol. The third-order valence-electron chi connectivity index (χ3n) is 3.92. The fourth-order valence-electron chi connectivity index (χ4n) is 2.60. The number of H-pyrrole nitrogens is 1. The number of carbonyl (C=O) groups is 2. The smallest absolute Gasteiger partial charge is 0.355 e. The highest BCUT2D eigenvalue weighted by Crippen LogP contribution is 2.22. The third-order valence-corrected chi connectivity index (χ3v) is 4.15. The van der Waals surface area contributed by atoms with Crippen molar-refractivity contribution in [2.24, 2.45) is 5.10 Å². The normalized spacial score (nSPS) is 16.3. The number of hydrogen-bond donors (Lipinski definition) is 1. The Morgan fingerprint density at radius 1 is 1.32 bits per heavy atom. The molecule has 1 amide bonds. The fraction of sp³-hybridized carbons (Fsp3) is 0.412. The van der Waals surface area contributed by atoms with Crippen LogP contribution in [-0.2, 0) is 14.3 Å². The number of benzene rings is 1. The Bertz CT molecular complexity index is 859. The Labute approximate surface area is 150 Å². The Hall–Kier alpha value is -2.41. The van der Waals surface area contributed by atoms with Crippen molar-refractivity contribution in [3.8, 4) is 0 Å². The summed E-state index contributed by atoms with van der Waals surface area (Å²) in [7, 11) is 0. The number of fused-ring (bicyclic) bond motifs is 1. The molecule has 0 saturated carbocycles. The average molecular weight is 363 g/mol. The Morgan fingerprint density at radius 3 is 2.80 bits per heavy atom. The first-order valence-electron chi connectivity index (χ1n) is 8.11. The molecule has 132 valence electrons. The Balaban J connectivity index is 1.75. The van der Waals surface area contributed by atoms with Gasteiger partial charge in [-0.25, -0.2) is 14.8 Å². The summed E-state index contributed by atoms with van der Waals surface area (Å²) in [5, 5.41) is 6.07. The van der Waals surface area contributed by atoms with E-state index in [1.54, 1.807) is 25.1 Å². The molecule has 1 aromatic carbocycles. The molecule has 25 heavy (non-hydrogen) atoms. The topological polar surface area (TPSA) is 87.7 Å². The van der Waals surface area contributed by atoms with E-state index in [9.17, 15) is 9.59 Å². The van der Waals surface area contributed by atoms with Gasteiger partial charge in [-0.05, 0) is 39.0 Å². The van der Waals surface area contributed by atoms with Crippen LogP contribution < -0.4 is 0 Å². The zero-order chi connectivity index (χ0) is 18.1. The van der Waals surface area contributed by atoms with Crippen LogP contribution >= 0.6 is 11.6 Å². The number of amides is 1. The molecule has 1 aromatic heterocycles. The van der Waals surface area contributed by atoms with Gasteiger partial charge < -0.3 is 9.72 Å². The van der Waals surface area contributed by atoms with Crippen molar-refractivity contribution in [1.82, 2.24) is 15.0 Å². The molecule has 0 bridgehead atoms. The van der Waals surface area contributed by atoms with Crippen molar-refractivity contribution < 1.29 is 14.3 Å². The quantitative estimate of drug-likeness (QED) is 0.846. The summed E-state index contributed by atoms with van der Waals surface area (Å²) in [6.45, 7) is 5.42. The van der Waals surface area contributed by atoms with Gasteiger partial charge in [0.25, 0.3) is 0 Å². The molecular weight excluding hydrogens is 344 g/mol. The summed E-state index contributed by atoms with van der Waals surface area (Å²) < 4.78 is 5.46. The van der Waals surface area contributed by atoms with E-state index >= 15 is 0 Å². The highest BCUT2D eigenvalue weighted by atomic mass is 35.5. The number of carbonyl (C=O) groups excluding carboxylic acids is 2. The van der Waals surface area contributed by atoms with Crippen molar-refractivity contribution in [2.45, 2.75) is 45.8 Å². The summed E-state index contributed by atoms with van der Waals surface area (Å²) in [6.07, 6.45) is -0.0426. The zero-order valence-corrected chi connectivity index (χ0v) is 15.0. The van der Waals surface area contributed by atoms with Gasteiger partial charge in [0, 0.05) is 23.9 Å². The van der Waals surface area contributed by atoms with Gasteiger partial charge in [0.15, 0.2) is 6.10 Å². The number of halogens is 1. The number of aromatic nitrogens is 2. The maximum absolute atomic E-state index is 12.4. The first kappa shape index (κ1) is 17.4. The monoisotopic (exact) mass is 362 g/mol. The number of rotatable bonds is 4. The van der Waals surface area contributed by atoms with E-state index in [1.807, 2.05) is 13.8 Å². The standard InChI is InChI=1S/C17H19ClN4O3/c1-9(2)22-15(23)7-6-13(21-22)17(24)25-10(3)16-19-12-5-4-11(18)8-14(12)20-16/h4-5,8-10H,6-7H2,1-3H3,(H,19,20)/t10-/m1/s1. The van der Waals surface area contributed by atoms with Crippen LogP contribution in [-0.4, -0.2) is 38.6 Å². The van der Waals surface area contributed by atoms with Crippen LogP contribution in [0.1, 0.15) is 45.5 Å². The maximum atomic E-state index is 12.4. The number of aromatic amines is 1. The van der Waals surface area contributed by atoms with Crippen LogP contribution in [0.4, 0.5) is 0 Å². The number of nitrogens with zero attached hydrogens (tertiary/aromatic N) is 3. The van der Waals surface area contributed by atoms with Crippen molar-refractivity contribution >= 4 is 40.2 Å². The van der Waals surface area contributed by atoms with Crippen LogP contribution in [0.15, 0.2) is 23.3 Å². The van der Waals surface area contributed by atoms with Crippen molar-refractivity contribution in [3.05, 3.63) is 29.0 Å². The van der Waals surface area contributed by atoms with Crippen LogP contribution in [0.3, 0.4) is 0 Å². The first-order chi connectivity index (χ1) is 11.8. The van der Waals surface area contributed by atoms with Gasteiger partial charge in [0.2, 0.25) is 5.91 Å². The summed E-state index contributed by atoms with van der Waals surface area (Å²) in [6, 6.07) is 5.20. The fourth-order valence-corrected chi connectivity index (χ4v) is 2.77. The molecule has 0 aliphatic carbocycles. The van der Waals surface area contributed by atoms with Gasteiger partial charge in [0.05, 0.1) is 11.0 Å². The second kappa shape index (κ2) is 6.84. The van der Waals surface area contributed by atoms with Crippen LogP contribution in [0.5, 0.6) is 0 Å². The average Bonchev–Trinajstić information content (AvgIpc) is 2.98. The molecule has 7 nitrogen and oxygen atoms in total. The Kier molecular flexibility index (Phi) is 4.76. The molecule has 1 aliphatic rings. The van der Waals surface area contributed by atoms with Gasteiger partial charge in [0.1, 0.15) is 11.5 Å². The van der Waals surface area contributed by atoms with Crippen LogP contribution in [0.25, 0.3) is 11.0 Å². The number of ether oxygens (including phenoxy) is 1. The van der Waals surface area contributed by atoms with Crippen molar-refractivity contribution in [1.29, 1.82) is 0 Å². The molecule has 2 aromatic rings. The lowest BCUT2D eigenvalue weighted by Crippen LogP contribution is -2.39. The lowest BCUT2D eigenvalue weighted by atomic mass is 10.1. The highest BCUT2D eigenvalue weighted by molar-refractivity contribution is 6.37. The highest BCUT2D eigenvalue weighted by Gasteiger charge is 2.28. The van der Waals surface area contributed by atoms with Gasteiger partial charge in [-0.15, -0.1) is 0 Å². The number of hydrazone groups is 1. The summed E-state index contributed by atoms with van der Waals surface area (Å²) in [4.78, 5) is 31.7. The van der Waals surface area contributed by atoms with Gasteiger partial charge >= 0.3 is 5.97 Å². The minimum absolute atomic E-state index is 0.0891. The largest absolute Gasteiger partial charge is 0.450 e. The maximum Gasteiger partial charge on any atom is 0.355 e. The van der Waals surface area contributed by atoms with Crippen LogP contribution in [0, 0.1) is 0 Å². The number of esters is 1. The van der Waals surface area contributed by atoms with Gasteiger partial charge in [-0.2, -0.15) is 5.10 Å². The second-order valence-electron chi connectivity index (χ2n) is 6.21. The summed E-state index contributed by atoms with van der Waals surface area (Å²) >= 11 is 5.96. The molecule has 3 rings (SSSR count). The zero-order valence-electron chi connectivity index (χ0n) is 14.2. The van der Waals surface area contributed by atoms with Gasteiger partial charge in [-0.3, -0.25) is 4.79 Å². The molecule has 1 aliphatic heterocycles. The molecule has 0 unspecified atom stereocenters. The molecule has 0 fully saturated rings. The summed E-state index contributed by atoms with van der Waals surface area (Å²) in [5.41, 5.74) is 1.77. The molecular formula is C17H19ClN4O3. The molecule has 8 heteroatoms. The summed E-state index contributed by atoms with van der Waals surface area (Å²) in [5.74, 6) is -0.100. The molecule has 1 N–H and O–H groups in total. The second-order valence-corrected chi connectivity index (χ2v) is 6.65. The minimum Gasteiger partial charge on any atom is -0.450 e. The van der Waals surface area contributed by atoms with E-state index in [4.69, 9.17) is 16.3 Å². The number of nitrogens with one attached hydrogen (secondary N) is 1. The van der Waals surface area contributed by atoms with Crippen molar-refractivity contribution in [3.63, 3.8) is 0 Å². The van der Waals surface area contributed by atoms with E-state index in [1.165, 1.54) is 5.01 Å². The first-order valence-corrected chi connectivity index (χ1v) is 8.48. The van der Waals surface area contributed by atoms with E-state index in [2.05, 4.69) is 15.1 Å². The minimum atomic E-state index is -0.577. The SMILES string of the molecule is CC(C)N1N=C(C(=O)O[C@H](C)c2nc3ccc(Cl)cc3[nH]2)CCC1=O. The Morgan fingerprint density at radius 2 is 2.08 bits per heavy atom.